The first-order valence-electron chi connectivity index (χ1n) is 8.85. The smallest absolute Gasteiger partial charge is 0.262 e. The quantitative estimate of drug-likeness (QED) is 0.843. The molecule has 1 saturated heterocycles. The van der Waals surface area contributed by atoms with Gasteiger partial charge in [0.25, 0.3) is 11.8 Å². The Bertz CT molecular complexity index is 1010. The van der Waals surface area contributed by atoms with Gasteiger partial charge in [-0.3, -0.25) is 19.8 Å². The molecule has 6 heteroatoms. The van der Waals surface area contributed by atoms with E-state index in [0.29, 0.717) is 0 Å². The highest BCUT2D eigenvalue weighted by Crippen LogP contribution is 2.59. The predicted octanol–water partition coefficient (Wildman–Crippen LogP) is 1.82. The van der Waals surface area contributed by atoms with E-state index in [0.717, 1.165) is 27.3 Å². The van der Waals surface area contributed by atoms with E-state index in [1.807, 2.05) is 48.5 Å². The van der Waals surface area contributed by atoms with Gasteiger partial charge in [0.05, 0.1) is 17.9 Å². The minimum atomic E-state index is -0.697. The fourth-order valence-electron chi connectivity index (χ4n) is 5.01. The van der Waals surface area contributed by atoms with Crippen LogP contribution in [0.4, 0.5) is 0 Å². The normalized spacial score (nSPS) is 27.1. The molecule has 0 radical (unpaired) electrons. The average Bonchev–Trinajstić information content (AvgIpc) is 2.70. The molecule has 132 valence electrons. The van der Waals surface area contributed by atoms with Crippen molar-refractivity contribution in [3.05, 3.63) is 70.8 Å². The second-order valence-corrected chi connectivity index (χ2v) is 7.14. The van der Waals surface area contributed by atoms with Gasteiger partial charge in [0.15, 0.2) is 0 Å². The van der Waals surface area contributed by atoms with Crippen LogP contribution < -0.4 is 5.43 Å². The van der Waals surface area contributed by atoms with Crippen LogP contribution in [-0.2, 0) is 14.4 Å². The lowest BCUT2D eigenvalue weighted by Gasteiger charge is -2.52. The molecule has 2 aromatic rings. The van der Waals surface area contributed by atoms with Gasteiger partial charge in [-0.15, -0.1) is 0 Å². The summed E-state index contributed by atoms with van der Waals surface area (Å²) in [6.07, 6.45) is -0.454. The van der Waals surface area contributed by atoms with Gasteiger partial charge in [-0.25, -0.2) is 0 Å². The van der Waals surface area contributed by atoms with E-state index in [1.165, 1.54) is 0 Å². The Morgan fingerprint density at radius 3 is 1.89 bits per heavy atom. The lowest BCUT2D eigenvalue weighted by atomic mass is 9.53. The third-order valence-electron chi connectivity index (χ3n) is 5.95. The fourth-order valence-corrected chi connectivity index (χ4v) is 5.01. The molecule has 1 heterocycles. The van der Waals surface area contributed by atoms with Crippen molar-refractivity contribution in [3.63, 3.8) is 0 Å². The van der Waals surface area contributed by atoms with Crippen LogP contribution in [-0.4, -0.2) is 22.7 Å². The average molecular weight is 357 g/mol. The molecule has 1 aliphatic heterocycles. The highest BCUT2D eigenvalue weighted by molar-refractivity contribution is 6.05. The molecule has 2 unspecified atom stereocenters. The molecule has 0 aromatic heterocycles. The Balaban J connectivity index is 1.71. The van der Waals surface area contributed by atoms with Crippen molar-refractivity contribution >= 4 is 17.7 Å². The standard InChI is InChI=1S/C21H15N3O3/c22-10-9-15(25)24-21(27)19-17-13-7-3-1-5-11(13)16(18(19)20(26)23-24)12-6-2-4-8-14(12)17/h1-8,16-19H,9H2,(H,23,26). The summed E-state index contributed by atoms with van der Waals surface area (Å²) in [4.78, 5) is 38.4. The number of nitrogens with zero attached hydrogens (tertiary/aromatic N) is 2. The Labute approximate surface area is 155 Å². The fraction of sp³-hybridized carbons (Fsp3) is 0.238. The Hall–Kier alpha value is -3.46. The molecule has 2 atom stereocenters. The number of nitrogens with one attached hydrogen (secondary N) is 1. The molecule has 0 saturated carbocycles. The second kappa shape index (κ2) is 5.52. The zero-order chi connectivity index (χ0) is 18.7. The van der Waals surface area contributed by atoms with Crippen LogP contribution in [0.2, 0.25) is 0 Å². The first-order valence-corrected chi connectivity index (χ1v) is 8.85. The molecule has 0 spiro atoms. The van der Waals surface area contributed by atoms with Crippen LogP contribution in [0.1, 0.15) is 40.5 Å². The number of nitriles is 1. The van der Waals surface area contributed by atoms with Crippen molar-refractivity contribution in [1.82, 2.24) is 10.4 Å². The number of imide groups is 1. The lowest BCUT2D eigenvalue weighted by molar-refractivity contribution is -0.166. The van der Waals surface area contributed by atoms with E-state index in [4.69, 9.17) is 5.26 Å². The Morgan fingerprint density at radius 2 is 1.41 bits per heavy atom. The molecular weight excluding hydrogens is 342 g/mol. The van der Waals surface area contributed by atoms with E-state index in [2.05, 4.69) is 5.43 Å². The number of amides is 3. The van der Waals surface area contributed by atoms with Crippen LogP contribution in [0, 0.1) is 23.2 Å². The number of carbonyl (C=O) groups is 3. The van der Waals surface area contributed by atoms with Crippen molar-refractivity contribution < 1.29 is 14.4 Å². The molecule has 6 nitrogen and oxygen atoms in total. The van der Waals surface area contributed by atoms with Crippen LogP contribution in [0.25, 0.3) is 0 Å². The van der Waals surface area contributed by atoms with Gasteiger partial charge in [0, 0.05) is 11.8 Å². The van der Waals surface area contributed by atoms with Crippen LogP contribution >= 0.6 is 0 Å². The summed E-state index contributed by atoms with van der Waals surface area (Å²) >= 11 is 0. The molecule has 2 aromatic carbocycles. The molecule has 1 N–H and O–H groups in total. The van der Waals surface area contributed by atoms with E-state index >= 15 is 0 Å². The van der Waals surface area contributed by atoms with Gasteiger partial charge >= 0.3 is 0 Å². The monoisotopic (exact) mass is 357 g/mol. The van der Waals surface area contributed by atoms with Crippen LogP contribution in [0.5, 0.6) is 0 Å². The topological polar surface area (TPSA) is 90.3 Å². The van der Waals surface area contributed by atoms with E-state index in [9.17, 15) is 14.4 Å². The van der Waals surface area contributed by atoms with Crippen molar-refractivity contribution in [2.24, 2.45) is 11.8 Å². The van der Waals surface area contributed by atoms with Crippen LogP contribution in [0.3, 0.4) is 0 Å². The van der Waals surface area contributed by atoms with Gasteiger partial charge in [0.2, 0.25) is 5.91 Å². The summed E-state index contributed by atoms with van der Waals surface area (Å²) in [5, 5.41) is 9.54. The largest absolute Gasteiger partial charge is 0.273 e. The first kappa shape index (κ1) is 15.8. The maximum atomic E-state index is 13.2. The third kappa shape index (κ3) is 1.97. The van der Waals surface area contributed by atoms with Crippen LogP contribution in [0.15, 0.2) is 48.5 Å². The Kier molecular flexibility index (Phi) is 3.22. The van der Waals surface area contributed by atoms with E-state index < -0.39 is 30.1 Å². The number of hydrazine groups is 1. The maximum Gasteiger partial charge on any atom is 0.262 e. The molecule has 27 heavy (non-hydrogen) atoms. The summed E-state index contributed by atoms with van der Waals surface area (Å²) in [5.41, 5.74) is 6.66. The maximum absolute atomic E-state index is 13.2. The van der Waals surface area contributed by atoms with E-state index in [-0.39, 0.29) is 17.7 Å². The highest BCUT2D eigenvalue weighted by Gasteiger charge is 2.59. The number of rotatable bonds is 1. The predicted molar refractivity (Wildman–Crippen MR) is 93.8 cm³/mol. The van der Waals surface area contributed by atoms with Gasteiger partial charge in [0.1, 0.15) is 6.42 Å². The Morgan fingerprint density at radius 1 is 0.926 bits per heavy atom. The van der Waals surface area contributed by atoms with Crippen molar-refractivity contribution in [3.8, 4) is 6.07 Å². The molecule has 2 bridgehead atoms. The van der Waals surface area contributed by atoms with Crippen molar-refractivity contribution in [1.29, 1.82) is 5.26 Å². The number of carbonyl (C=O) groups excluding carboxylic acids is 3. The first-order chi connectivity index (χ1) is 13.1. The molecule has 3 aliphatic carbocycles. The zero-order valence-corrected chi connectivity index (χ0v) is 14.3. The van der Waals surface area contributed by atoms with E-state index in [1.54, 1.807) is 6.07 Å². The summed E-state index contributed by atoms with van der Waals surface area (Å²) in [6, 6.07) is 17.5. The number of benzene rings is 2. The lowest BCUT2D eigenvalue weighted by Crippen LogP contribution is -2.65. The minimum Gasteiger partial charge on any atom is -0.273 e. The summed E-state index contributed by atoms with van der Waals surface area (Å²) in [7, 11) is 0. The summed E-state index contributed by atoms with van der Waals surface area (Å²) in [5.74, 6) is -3.16. The van der Waals surface area contributed by atoms with Gasteiger partial charge in [-0.05, 0) is 22.3 Å². The SMILES string of the molecule is N#CCC(=O)N1NC(=O)C2C3c4ccccc4C(c4ccccc43)C2C1=O. The minimum absolute atomic E-state index is 0.218. The van der Waals surface area contributed by atoms with Crippen molar-refractivity contribution in [2.45, 2.75) is 18.3 Å². The van der Waals surface area contributed by atoms with Gasteiger partial charge in [-0.2, -0.15) is 10.3 Å². The third-order valence-corrected chi connectivity index (χ3v) is 5.95. The molecule has 1 fully saturated rings. The highest BCUT2D eigenvalue weighted by atomic mass is 16.2. The second-order valence-electron chi connectivity index (χ2n) is 7.14. The number of hydrogen-bond donors (Lipinski definition) is 1. The summed E-state index contributed by atoms with van der Waals surface area (Å²) < 4.78 is 0. The molecule has 6 rings (SSSR count). The number of hydrogen-bond acceptors (Lipinski definition) is 4. The molecule has 4 aliphatic rings. The van der Waals surface area contributed by atoms with Gasteiger partial charge < -0.3 is 0 Å². The zero-order valence-electron chi connectivity index (χ0n) is 14.3. The summed E-state index contributed by atoms with van der Waals surface area (Å²) in [6.45, 7) is 0. The van der Waals surface area contributed by atoms with Gasteiger partial charge in [-0.1, -0.05) is 48.5 Å². The van der Waals surface area contributed by atoms with Crippen molar-refractivity contribution in [2.75, 3.05) is 0 Å². The molecule has 3 amide bonds. The molecular formula is C21H15N3O3.